The Balaban J connectivity index is 1.32. The minimum Gasteiger partial charge on any atom is -0.352 e. The first-order valence-corrected chi connectivity index (χ1v) is 9.15. The Morgan fingerprint density at radius 1 is 1.19 bits per heavy atom. The number of anilines is 2. The molecule has 0 unspecified atom stereocenters. The van der Waals surface area contributed by atoms with Crippen molar-refractivity contribution in [1.29, 1.82) is 0 Å². The maximum atomic E-state index is 11.9. The van der Waals surface area contributed by atoms with E-state index in [2.05, 4.69) is 41.2 Å². The Morgan fingerprint density at radius 2 is 2.04 bits per heavy atom. The fourth-order valence-corrected chi connectivity index (χ4v) is 3.89. The molecule has 1 amide bonds. The predicted molar refractivity (Wildman–Crippen MR) is 102 cm³/mol. The van der Waals surface area contributed by atoms with Crippen molar-refractivity contribution < 1.29 is 4.79 Å². The molecule has 4 heterocycles. The average Bonchev–Trinajstić information content (AvgIpc) is 3.22. The summed E-state index contributed by atoms with van der Waals surface area (Å²) in [6.07, 6.45) is 5.40. The van der Waals surface area contributed by atoms with Crippen molar-refractivity contribution in [3.05, 3.63) is 48.3 Å². The second kappa shape index (κ2) is 5.83. The maximum absolute atomic E-state index is 11.9. The van der Waals surface area contributed by atoms with Gasteiger partial charge in [0.15, 0.2) is 0 Å². The number of hydrogen-bond donors (Lipinski definition) is 0. The summed E-state index contributed by atoms with van der Waals surface area (Å²) in [5.74, 6) is 1.23. The number of carbonyl (C=O) groups is 1. The van der Waals surface area contributed by atoms with Crippen molar-refractivity contribution in [2.24, 2.45) is 0 Å². The van der Waals surface area contributed by atoms with E-state index in [1.807, 2.05) is 28.0 Å². The van der Waals surface area contributed by atoms with Crippen LogP contribution in [0.25, 0.3) is 10.9 Å². The van der Waals surface area contributed by atoms with Gasteiger partial charge in [-0.2, -0.15) is 5.10 Å². The number of para-hydroxylation sites is 1. The molecule has 132 valence electrons. The smallest absolute Gasteiger partial charge is 0.227 e. The number of hydrogen-bond acceptors (Lipinski definition) is 4. The molecule has 6 heteroatoms. The van der Waals surface area contributed by atoms with Crippen LogP contribution >= 0.6 is 0 Å². The summed E-state index contributed by atoms with van der Waals surface area (Å²) >= 11 is 0. The molecule has 3 aromatic rings. The van der Waals surface area contributed by atoms with Gasteiger partial charge in [-0.15, -0.1) is 0 Å². The van der Waals surface area contributed by atoms with Gasteiger partial charge in [-0.1, -0.05) is 18.2 Å². The van der Waals surface area contributed by atoms with Crippen LogP contribution in [0.15, 0.2) is 42.7 Å². The molecule has 0 radical (unpaired) electrons. The van der Waals surface area contributed by atoms with Gasteiger partial charge in [0.25, 0.3) is 0 Å². The molecule has 0 aliphatic carbocycles. The molecule has 5 rings (SSSR count). The van der Waals surface area contributed by atoms with Gasteiger partial charge >= 0.3 is 0 Å². The Hall–Kier alpha value is -2.89. The van der Waals surface area contributed by atoms with E-state index in [4.69, 9.17) is 4.98 Å². The number of rotatable bonds is 3. The molecular weight excluding hydrogens is 326 g/mol. The predicted octanol–water partition coefficient (Wildman–Crippen LogP) is 2.93. The van der Waals surface area contributed by atoms with Gasteiger partial charge in [0, 0.05) is 37.6 Å². The van der Waals surface area contributed by atoms with Gasteiger partial charge in [0.1, 0.15) is 5.82 Å². The normalized spacial score (nSPS) is 18.0. The van der Waals surface area contributed by atoms with E-state index < -0.39 is 0 Å². The van der Waals surface area contributed by atoms with E-state index in [0.29, 0.717) is 12.5 Å². The minimum absolute atomic E-state index is 0.204. The van der Waals surface area contributed by atoms with Crippen LogP contribution in [-0.2, 0) is 4.79 Å². The van der Waals surface area contributed by atoms with Crippen LogP contribution in [0.1, 0.15) is 24.4 Å². The molecule has 2 fully saturated rings. The summed E-state index contributed by atoms with van der Waals surface area (Å²) in [5.41, 5.74) is 3.22. The SMILES string of the molecule is Cc1cc(N2CC(n3cc(N4CCCC4=O)cn3)C2)nc2ccccc12. The molecule has 2 aliphatic rings. The summed E-state index contributed by atoms with van der Waals surface area (Å²) in [5, 5.41) is 5.70. The van der Waals surface area contributed by atoms with Crippen LogP contribution in [-0.4, -0.2) is 40.3 Å². The average molecular weight is 347 g/mol. The van der Waals surface area contributed by atoms with Crippen LogP contribution in [0, 0.1) is 6.92 Å². The maximum Gasteiger partial charge on any atom is 0.227 e. The lowest BCUT2D eigenvalue weighted by atomic mass is 10.1. The fraction of sp³-hybridized carbons (Fsp3) is 0.350. The van der Waals surface area contributed by atoms with Gasteiger partial charge in [-0.3, -0.25) is 9.48 Å². The van der Waals surface area contributed by atoms with Crippen LogP contribution in [0.2, 0.25) is 0 Å². The number of carbonyl (C=O) groups excluding carboxylic acids is 1. The Labute approximate surface area is 152 Å². The molecule has 0 spiro atoms. The molecule has 2 aromatic heterocycles. The zero-order chi connectivity index (χ0) is 17.7. The molecule has 0 bridgehead atoms. The number of pyridine rings is 1. The monoisotopic (exact) mass is 347 g/mol. The van der Waals surface area contributed by atoms with E-state index in [1.54, 1.807) is 0 Å². The largest absolute Gasteiger partial charge is 0.352 e. The van der Waals surface area contributed by atoms with E-state index in [0.717, 1.165) is 43.1 Å². The Kier molecular flexibility index (Phi) is 3.45. The molecule has 0 saturated carbocycles. The fourth-order valence-electron chi connectivity index (χ4n) is 3.89. The summed E-state index contributed by atoms with van der Waals surface area (Å²) in [7, 11) is 0. The number of aryl methyl sites for hydroxylation is 1. The van der Waals surface area contributed by atoms with Crippen molar-refractivity contribution in [2.45, 2.75) is 25.8 Å². The second-order valence-corrected chi connectivity index (χ2v) is 7.20. The van der Waals surface area contributed by atoms with Crippen molar-refractivity contribution >= 4 is 28.3 Å². The summed E-state index contributed by atoms with van der Waals surface area (Å²) in [6.45, 7) is 4.72. The summed E-state index contributed by atoms with van der Waals surface area (Å²) in [4.78, 5) is 20.8. The molecule has 2 saturated heterocycles. The minimum atomic E-state index is 0.204. The lowest BCUT2D eigenvalue weighted by Crippen LogP contribution is -2.48. The van der Waals surface area contributed by atoms with Gasteiger partial charge in [0.2, 0.25) is 5.91 Å². The highest BCUT2D eigenvalue weighted by Crippen LogP contribution is 2.30. The third-order valence-electron chi connectivity index (χ3n) is 5.44. The van der Waals surface area contributed by atoms with Crippen LogP contribution < -0.4 is 9.80 Å². The van der Waals surface area contributed by atoms with Crippen LogP contribution in [0.4, 0.5) is 11.5 Å². The summed E-state index contributed by atoms with van der Waals surface area (Å²) < 4.78 is 1.99. The lowest BCUT2D eigenvalue weighted by Gasteiger charge is -2.40. The van der Waals surface area contributed by atoms with E-state index in [9.17, 15) is 4.79 Å². The topological polar surface area (TPSA) is 54.3 Å². The van der Waals surface area contributed by atoms with E-state index in [-0.39, 0.29) is 5.91 Å². The third-order valence-corrected chi connectivity index (χ3v) is 5.44. The highest BCUT2D eigenvalue weighted by Gasteiger charge is 2.31. The van der Waals surface area contributed by atoms with E-state index in [1.165, 1.54) is 10.9 Å². The van der Waals surface area contributed by atoms with Crippen molar-refractivity contribution in [1.82, 2.24) is 14.8 Å². The molecule has 1 aromatic carbocycles. The first-order valence-electron chi connectivity index (χ1n) is 9.15. The van der Waals surface area contributed by atoms with Gasteiger partial charge in [-0.25, -0.2) is 4.98 Å². The lowest BCUT2D eigenvalue weighted by molar-refractivity contribution is -0.117. The van der Waals surface area contributed by atoms with Crippen molar-refractivity contribution in [2.75, 3.05) is 29.4 Å². The van der Waals surface area contributed by atoms with Crippen LogP contribution in [0.5, 0.6) is 0 Å². The van der Waals surface area contributed by atoms with Crippen molar-refractivity contribution in [3.63, 3.8) is 0 Å². The third kappa shape index (κ3) is 2.44. The quantitative estimate of drug-likeness (QED) is 0.731. The Bertz CT molecular complexity index is 989. The zero-order valence-corrected chi connectivity index (χ0v) is 14.8. The molecule has 2 aliphatic heterocycles. The Morgan fingerprint density at radius 3 is 2.85 bits per heavy atom. The van der Waals surface area contributed by atoms with Gasteiger partial charge in [-0.05, 0) is 31.0 Å². The highest BCUT2D eigenvalue weighted by molar-refractivity contribution is 5.95. The number of fused-ring (bicyclic) bond motifs is 1. The van der Waals surface area contributed by atoms with Gasteiger partial charge < -0.3 is 9.80 Å². The van der Waals surface area contributed by atoms with Crippen molar-refractivity contribution in [3.8, 4) is 0 Å². The van der Waals surface area contributed by atoms with Gasteiger partial charge in [0.05, 0.1) is 23.4 Å². The highest BCUT2D eigenvalue weighted by atomic mass is 16.2. The number of aromatic nitrogens is 3. The standard InChI is InChI=1S/C20H21N5O/c1-14-9-19(22-18-6-3-2-5-17(14)18)23-11-16(12-23)25-13-15(10-21-25)24-8-4-7-20(24)26/h2-3,5-6,9-10,13,16H,4,7-8,11-12H2,1H3. The molecular formula is C20H21N5O. The zero-order valence-electron chi connectivity index (χ0n) is 14.8. The molecule has 26 heavy (non-hydrogen) atoms. The molecule has 6 nitrogen and oxygen atoms in total. The molecule has 0 atom stereocenters. The van der Waals surface area contributed by atoms with Crippen LogP contribution in [0.3, 0.4) is 0 Å². The number of benzene rings is 1. The first kappa shape index (κ1) is 15.4. The summed E-state index contributed by atoms with van der Waals surface area (Å²) in [6, 6.07) is 10.8. The number of amides is 1. The second-order valence-electron chi connectivity index (χ2n) is 7.20. The first-order chi connectivity index (χ1) is 12.7. The molecule has 0 N–H and O–H groups in total. The van der Waals surface area contributed by atoms with E-state index >= 15 is 0 Å². The number of nitrogens with zero attached hydrogens (tertiary/aromatic N) is 5.